The molecule has 2 aliphatic heterocycles. The van der Waals surface area contributed by atoms with Crippen LogP contribution in [-0.4, -0.2) is 47.2 Å². The van der Waals surface area contributed by atoms with Crippen LogP contribution in [0, 0.1) is 24.0 Å². The second-order valence-electron chi connectivity index (χ2n) is 8.73. The number of aromatic nitrogens is 3. The van der Waals surface area contributed by atoms with Crippen molar-refractivity contribution < 1.29 is 13.5 Å². The van der Waals surface area contributed by atoms with Crippen molar-refractivity contribution in [2.45, 2.75) is 24.9 Å². The van der Waals surface area contributed by atoms with Gasteiger partial charge >= 0.3 is 6.01 Å². The highest BCUT2D eigenvalue weighted by Crippen LogP contribution is 2.37. The van der Waals surface area contributed by atoms with Crippen molar-refractivity contribution in [3.63, 3.8) is 0 Å². The van der Waals surface area contributed by atoms with Crippen LogP contribution in [0.5, 0.6) is 6.01 Å². The largest absolute Gasteiger partial charge is 0.467 e. The molecule has 0 radical (unpaired) electrons. The van der Waals surface area contributed by atoms with Gasteiger partial charge in [0.25, 0.3) is 0 Å². The number of benzene rings is 2. The monoisotopic (exact) mass is 457 g/mol. The molecule has 2 bridgehead atoms. The number of fused-ring (bicyclic) bond motifs is 4. The molecule has 0 amide bonds. The van der Waals surface area contributed by atoms with E-state index < -0.39 is 11.6 Å². The molecule has 0 saturated carbocycles. The van der Waals surface area contributed by atoms with Gasteiger partial charge in [-0.15, -0.1) is 6.42 Å². The molecule has 2 unspecified atom stereocenters. The summed E-state index contributed by atoms with van der Waals surface area (Å²) in [6, 6.07) is 9.03. The summed E-state index contributed by atoms with van der Waals surface area (Å²) in [5.74, 6) is 1.84. The summed E-state index contributed by atoms with van der Waals surface area (Å²) < 4.78 is 35.9. The third-order valence-electron chi connectivity index (χ3n) is 6.74. The normalized spacial score (nSPS) is 19.5. The topological polar surface area (TPSA) is 63.2 Å². The summed E-state index contributed by atoms with van der Waals surface area (Å²) in [4.78, 5) is 15.5. The molecular weight excluding hydrogens is 436 g/mol. The summed E-state index contributed by atoms with van der Waals surface area (Å²) >= 11 is 0. The van der Waals surface area contributed by atoms with E-state index in [2.05, 4.69) is 31.1 Å². The number of methoxy groups -OCH3 is 1. The van der Waals surface area contributed by atoms with Crippen LogP contribution in [0.4, 0.5) is 14.6 Å². The molecule has 0 aliphatic carbocycles. The smallest absolute Gasteiger partial charge is 0.318 e. The quantitative estimate of drug-likeness (QED) is 0.469. The molecule has 2 aromatic heterocycles. The highest BCUT2D eigenvalue weighted by Gasteiger charge is 2.34. The summed E-state index contributed by atoms with van der Waals surface area (Å²) in [6.45, 7) is 1.53. The zero-order valence-corrected chi connectivity index (χ0v) is 18.5. The lowest BCUT2D eigenvalue weighted by molar-refractivity contribution is 0.380. The summed E-state index contributed by atoms with van der Waals surface area (Å²) in [6.07, 6.45) is 9.40. The second kappa shape index (κ2) is 7.89. The molecule has 2 fully saturated rings. The fourth-order valence-electron chi connectivity index (χ4n) is 5.20. The van der Waals surface area contributed by atoms with E-state index in [9.17, 15) is 4.39 Å². The molecular formula is C26H21F2N5O. The van der Waals surface area contributed by atoms with E-state index in [1.54, 1.807) is 30.5 Å². The molecule has 170 valence electrons. The van der Waals surface area contributed by atoms with Gasteiger partial charge in [0.15, 0.2) is 5.82 Å². The molecule has 2 aromatic carbocycles. The molecule has 0 spiro atoms. The average molecular weight is 457 g/mol. The minimum absolute atomic E-state index is 0.0484. The second-order valence-corrected chi connectivity index (χ2v) is 8.73. The standard InChI is InChI=1S/C26H21F2N5O/c1-3-17-20(27)10-7-14-5-4-6-18(21(14)17)23-22(28)24-19(11-29-23)25(32-26(31-24)34-2)33-12-15-8-9-16(13-33)30-15/h1,4-7,10-11,15-16,30H,8-9,12-13H2,2H3. The number of hydrogen-bond donors (Lipinski definition) is 1. The van der Waals surface area contributed by atoms with E-state index in [1.807, 2.05) is 0 Å². The Morgan fingerprint density at radius 1 is 1.12 bits per heavy atom. The number of terminal acetylenes is 1. The molecule has 1 N–H and O–H groups in total. The molecule has 6 nitrogen and oxygen atoms in total. The number of piperazine rings is 1. The fraction of sp³-hybridized carbons (Fsp3) is 0.269. The number of halogens is 2. The Kier molecular flexibility index (Phi) is 4.82. The van der Waals surface area contributed by atoms with Crippen LogP contribution in [0.2, 0.25) is 0 Å². The van der Waals surface area contributed by atoms with Crippen LogP contribution < -0.4 is 15.0 Å². The predicted octanol–water partition coefficient (Wildman–Crippen LogP) is 4.05. The minimum Gasteiger partial charge on any atom is -0.467 e. The molecule has 6 rings (SSSR count). The van der Waals surface area contributed by atoms with Gasteiger partial charge in [-0.05, 0) is 24.3 Å². The van der Waals surface area contributed by atoms with E-state index in [0.717, 1.165) is 25.9 Å². The zero-order chi connectivity index (χ0) is 23.4. The van der Waals surface area contributed by atoms with Gasteiger partial charge in [0.2, 0.25) is 0 Å². The first-order valence-electron chi connectivity index (χ1n) is 11.2. The highest BCUT2D eigenvalue weighted by molar-refractivity contribution is 6.02. The number of nitrogens with one attached hydrogen (secondary N) is 1. The first-order chi connectivity index (χ1) is 16.6. The van der Waals surface area contributed by atoms with E-state index >= 15 is 4.39 Å². The Hall–Kier alpha value is -3.83. The van der Waals surface area contributed by atoms with E-state index in [-0.39, 0.29) is 22.8 Å². The Balaban J connectivity index is 1.58. The first-order valence-corrected chi connectivity index (χ1v) is 11.2. The van der Waals surface area contributed by atoms with E-state index in [0.29, 0.717) is 39.6 Å². The molecule has 4 aromatic rings. The van der Waals surface area contributed by atoms with Gasteiger partial charge in [-0.3, -0.25) is 4.98 Å². The maximum absolute atomic E-state index is 16.1. The van der Waals surface area contributed by atoms with Crippen LogP contribution in [0.15, 0.2) is 36.5 Å². The Morgan fingerprint density at radius 3 is 2.65 bits per heavy atom. The van der Waals surface area contributed by atoms with Gasteiger partial charge in [-0.25, -0.2) is 8.78 Å². The van der Waals surface area contributed by atoms with Crippen molar-refractivity contribution in [2.75, 3.05) is 25.1 Å². The highest BCUT2D eigenvalue weighted by atomic mass is 19.1. The van der Waals surface area contributed by atoms with Crippen LogP contribution in [0.25, 0.3) is 32.9 Å². The third kappa shape index (κ3) is 3.16. The van der Waals surface area contributed by atoms with E-state index in [1.165, 1.54) is 13.2 Å². The molecule has 2 saturated heterocycles. The molecule has 34 heavy (non-hydrogen) atoms. The fourth-order valence-corrected chi connectivity index (χ4v) is 5.20. The molecule has 2 aliphatic rings. The number of pyridine rings is 1. The van der Waals surface area contributed by atoms with E-state index in [4.69, 9.17) is 11.2 Å². The van der Waals surface area contributed by atoms with Crippen LogP contribution in [0.3, 0.4) is 0 Å². The lowest BCUT2D eigenvalue weighted by Crippen LogP contribution is -2.51. The number of nitrogens with zero attached hydrogens (tertiary/aromatic N) is 4. The van der Waals surface area contributed by atoms with Gasteiger partial charge in [-0.1, -0.05) is 30.2 Å². The van der Waals surface area contributed by atoms with Gasteiger partial charge in [0.1, 0.15) is 22.8 Å². The van der Waals surface area contributed by atoms with Crippen molar-refractivity contribution in [3.8, 4) is 29.6 Å². The maximum Gasteiger partial charge on any atom is 0.318 e. The number of anilines is 1. The molecule has 2 atom stereocenters. The van der Waals surface area contributed by atoms with Crippen molar-refractivity contribution >= 4 is 27.5 Å². The summed E-state index contributed by atoms with van der Waals surface area (Å²) in [5, 5.41) is 5.23. The third-order valence-corrected chi connectivity index (χ3v) is 6.74. The Labute approximate surface area is 195 Å². The predicted molar refractivity (Wildman–Crippen MR) is 127 cm³/mol. The number of ether oxygens (including phenoxy) is 1. The molecule has 4 heterocycles. The van der Waals surface area contributed by atoms with Crippen molar-refractivity contribution in [2.24, 2.45) is 0 Å². The molecule has 8 heteroatoms. The van der Waals surface area contributed by atoms with Gasteiger partial charge < -0.3 is 15.0 Å². The number of hydrogen-bond acceptors (Lipinski definition) is 6. The number of rotatable bonds is 3. The van der Waals surface area contributed by atoms with Gasteiger partial charge in [-0.2, -0.15) is 9.97 Å². The lowest BCUT2D eigenvalue weighted by Gasteiger charge is -2.34. The Morgan fingerprint density at radius 2 is 1.91 bits per heavy atom. The van der Waals surface area contributed by atoms with Gasteiger partial charge in [0.05, 0.1) is 18.1 Å². The summed E-state index contributed by atoms with van der Waals surface area (Å²) in [5.41, 5.74) is 0.635. The van der Waals surface area contributed by atoms with Crippen LogP contribution in [0.1, 0.15) is 18.4 Å². The van der Waals surface area contributed by atoms with Crippen molar-refractivity contribution in [1.82, 2.24) is 20.3 Å². The SMILES string of the molecule is C#Cc1c(F)ccc2cccc(-c3ncc4c(N5CC6CCC(C5)N6)nc(OC)nc4c3F)c12. The lowest BCUT2D eigenvalue weighted by atomic mass is 9.96. The van der Waals surface area contributed by atoms with Crippen molar-refractivity contribution in [3.05, 3.63) is 53.7 Å². The average Bonchev–Trinajstić information content (AvgIpc) is 3.20. The Bertz CT molecular complexity index is 1490. The minimum atomic E-state index is -0.628. The summed E-state index contributed by atoms with van der Waals surface area (Å²) in [7, 11) is 1.46. The van der Waals surface area contributed by atoms with Crippen LogP contribution in [-0.2, 0) is 0 Å². The van der Waals surface area contributed by atoms with Crippen molar-refractivity contribution in [1.29, 1.82) is 0 Å². The maximum atomic E-state index is 16.1. The first kappa shape index (κ1) is 20.8. The van der Waals surface area contributed by atoms with Gasteiger partial charge in [0, 0.05) is 42.3 Å². The van der Waals surface area contributed by atoms with Crippen LogP contribution >= 0.6 is 0 Å². The zero-order valence-electron chi connectivity index (χ0n) is 18.5.